The lowest BCUT2D eigenvalue weighted by atomic mass is 10.2. The van der Waals surface area contributed by atoms with Gasteiger partial charge in [-0.25, -0.2) is 0 Å². The molecule has 1 aliphatic rings. The number of likely N-dealkylation sites (tertiary alicyclic amines) is 1. The molecule has 1 N–H and O–H groups in total. The van der Waals surface area contributed by atoms with Crippen LogP contribution in [0.1, 0.15) is 0 Å². The summed E-state index contributed by atoms with van der Waals surface area (Å²) in [5, 5.41) is 3.23. The first-order chi connectivity index (χ1) is 4.77. The van der Waals surface area contributed by atoms with E-state index in [4.69, 9.17) is 4.74 Å². The number of hydrogen-bond donors (Lipinski definition) is 1. The van der Waals surface area contributed by atoms with E-state index in [1.807, 2.05) is 7.05 Å². The normalized spacial score (nSPS) is 35.1. The van der Waals surface area contributed by atoms with Gasteiger partial charge in [0.1, 0.15) is 0 Å². The summed E-state index contributed by atoms with van der Waals surface area (Å²) < 4.78 is 5.28. The lowest BCUT2D eigenvalue weighted by Gasteiger charge is -2.14. The molecule has 0 aromatic rings. The smallest absolute Gasteiger partial charge is 0.0863 e. The maximum absolute atomic E-state index is 5.28. The molecule has 10 heavy (non-hydrogen) atoms. The van der Waals surface area contributed by atoms with Crippen molar-refractivity contribution in [3.63, 3.8) is 0 Å². The second kappa shape index (κ2) is 3.32. The maximum Gasteiger partial charge on any atom is 0.0863 e. The van der Waals surface area contributed by atoms with Crippen molar-refractivity contribution >= 4 is 0 Å². The molecule has 1 fully saturated rings. The molecule has 1 rings (SSSR count). The van der Waals surface area contributed by atoms with Crippen LogP contribution in [0.2, 0.25) is 0 Å². The van der Waals surface area contributed by atoms with E-state index in [-0.39, 0.29) is 0 Å². The number of methoxy groups -OCH3 is 1. The van der Waals surface area contributed by atoms with Crippen LogP contribution in [0.3, 0.4) is 0 Å². The lowest BCUT2D eigenvalue weighted by Crippen LogP contribution is -2.37. The lowest BCUT2D eigenvalue weighted by molar-refractivity contribution is 0.0935. The fourth-order valence-electron chi connectivity index (χ4n) is 1.48. The van der Waals surface area contributed by atoms with Crippen molar-refractivity contribution in [2.45, 2.75) is 12.1 Å². The predicted octanol–water partition coefficient (Wildman–Crippen LogP) is -0.465. The van der Waals surface area contributed by atoms with Gasteiger partial charge in [-0.2, -0.15) is 0 Å². The second-order valence-electron chi connectivity index (χ2n) is 2.89. The van der Waals surface area contributed by atoms with Gasteiger partial charge < -0.3 is 15.0 Å². The molecular formula is C7H16N2O. The molecule has 0 bridgehead atoms. The molecule has 0 aromatic carbocycles. The van der Waals surface area contributed by atoms with Gasteiger partial charge in [-0.1, -0.05) is 0 Å². The van der Waals surface area contributed by atoms with Crippen LogP contribution < -0.4 is 5.32 Å². The summed E-state index contributed by atoms with van der Waals surface area (Å²) in [5.74, 6) is 0. The Morgan fingerprint density at radius 1 is 1.50 bits per heavy atom. The van der Waals surface area contributed by atoms with Gasteiger partial charge in [0.15, 0.2) is 0 Å². The molecule has 3 nitrogen and oxygen atoms in total. The molecule has 2 atom stereocenters. The molecule has 0 saturated carbocycles. The third kappa shape index (κ3) is 1.48. The van der Waals surface area contributed by atoms with Crippen molar-refractivity contribution in [1.82, 2.24) is 10.2 Å². The van der Waals surface area contributed by atoms with E-state index in [1.54, 1.807) is 7.11 Å². The molecule has 0 unspecified atom stereocenters. The first-order valence-corrected chi connectivity index (χ1v) is 3.66. The van der Waals surface area contributed by atoms with E-state index in [1.165, 1.54) is 0 Å². The second-order valence-corrected chi connectivity index (χ2v) is 2.89. The van der Waals surface area contributed by atoms with Crippen molar-refractivity contribution in [1.29, 1.82) is 0 Å². The van der Waals surface area contributed by atoms with E-state index < -0.39 is 0 Å². The first kappa shape index (κ1) is 7.98. The van der Waals surface area contributed by atoms with Crippen LogP contribution in [-0.2, 0) is 4.74 Å². The van der Waals surface area contributed by atoms with Crippen LogP contribution >= 0.6 is 0 Å². The minimum atomic E-state index is 0.370. The molecule has 1 saturated heterocycles. The predicted molar refractivity (Wildman–Crippen MR) is 41.1 cm³/mol. The molecule has 1 aliphatic heterocycles. The van der Waals surface area contributed by atoms with Gasteiger partial charge in [0, 0.05) is 26.2 Å². The fourth-order valence-corrected chi connectivity index (χ4v) is 1.48. The monoisotopic (exact) mass is 144 g/mol. The highest BCUT2D eigenvalue weighted by atomic mass is 16.5. The standard InChI is InChI=1S/C7H16N2O/c1-8-6-4-9(2)5-7(6)10-3/h6-8H,4-5H2,1-3H3/t6-,7-/m1/s1. The Balaban J connectivity index is 2.41. The highest BCUT2D eigenvalue weighted by Gasteiger charge is 2.28. The highest BCUT2D eigenvalue weighted by molar-refractivity contribution is 4.87. The summed E-state index contributed by atoms with van der Waals surface area (Å²) in [4.78, 5) is 2.27. The van der Waals surface area contributed by atoms with Crippen LogP contribution in [0.5, 0.6) is 0 Å². The van der Waals surface area contributed by atoms with Crippen molar-refractivity contribution in [2.75, 3.05) is 34.3 Å². The van der Waals surface area contributed by atoms with Crippen LogP contribution in [0, 0.1) is 0 Å². The van der Waals surface area contributed by atoms with Crippen LogP contribution in [0.25, 0.3) is 0 Å². The molecule has 0 amide bonds. The maximum atomic E-state index is 5.28. The van der Waals surface area contributed by atoms with Gasteiger partial charge in [0.2, 0.25) is 0 Å². The van der Waals surface area contributed by atoms with Gasteiger partial charge in [-0.3, -0.25) is 0 Å². The third-order valence-corrected chi connectivity index (χ3v) is 2.12. The zero-order chi connectivity index (χ0) is 7.56. The topological polar surface area (TPSA) is 24.5 Å². The molecule has 0 radical (unpaired) electrons. The molecule has 60 valence electrons. The van der Waals surface area contributed by atoms with E-state index >= 15 is 0 Å². The zero-order valence-corrected chi connectivity index (χ0v) is 6.92. The number of nitrogens with one attached hydrogen (secondary N) is 1. The van der Waals surface area contributed by atoms with Crippen LogP contribution in [-0.4, -0.2) is 51.3 Å². The average Bonchev–Trinajstić information content (AvgIpc) is 2.30. The largest absolute Gasteiger partial charge is 0.378 e. The molecule has 1 heterocycles. The summed E-state index contributed by atoms with van der Waals surface area (Å²) in [6.45, 7) is 2.14. The molecule has 0 spiro atoms. The minimum Gasteiger partial charge on any atom is -0.378 e. The summed E-state index contributed by atoms with van der Waals surface area (Å²) in [5.41, 5.74) is 0. The Labute approximate surface area is 62.3 Å². The highest BCUT2D eigenvalue weighted by Crippen LogP contribution is 2.09. The molecular weight excluding hydrogens is 128 g/mol. The summed E-state index contributed by atoms with van der Waals surface area (Å²) in [7, 11) is 5.87. The third-order valence-electron chi connectivity index (χ3n) is 2.12. The van der Waals surface area contributed by atoms with Crippen LogP contribution in [0.4, 0.5) is 0 Å². The summed E-state index contributed by atoms with van der Waals surface area (Å²) in [6.07, 6.45) is 0.370. The first-order valence-electron chi connectivity index (χ1n) is 3.66. The van der Waals surface area contributed by atoms with Crippen molar-refractivity contribution < 1.29 is 4.74 Å². The van der Waals surface area contributed by atoms with Crippen molar-refractivity contribution in [3.8, 4) is 0 Å². The van der Waals surface area contributed by atoms with E-state index in [2.05, 4.69) is 17.3 Å². The van der Waals surface area contributed by atoms with Crippen molar-refractivity contribution in [2.24, 2.45) is 0 Å². The van der Waals surface area contributed by atoms with Crippen molar-refractivity contribution in [3.05, 3.63) is 0 Å². The van der Waals surface area contributed by atoms with E-state index in [0.717, 1.165) is 13.1 Å². The molecule has 0 aliphatic carbocycles. The molecule has 3 heteroatoms. The summed E-state index contributed by atoms with van der Waals surface area (Å²) >= 11 is 0. The number of hydrogen-bond acceptors (Lipinski definition) is 3. The average molecular weight is 144 g/mol. The van der Waals surface area contributed by atoms with Gasteiger partial charge in [-0.05, 0) is 14.1 Å². The SMILES string of the molecule is CN[C@@H]1CN(C)C[C@H]1OC. The number of likely N-dealkylation sites (N-methyl/N-ethyl adjacent to an activating group) is 2. The fraction of sp³-hybridized carbons (Fsp3) is 1.00. The molecule has 0 aromatic heterocycles. The van der Waals surface area contributed by atoms with Crippen LogP contribution in [0.15, 0.2) is 0 Å². The van der Waals surface area contributed by atoms with Gasteiger partial charge in [0.25, 0.3) is 0 Å². The van der Waals surface area contributed by atoms with Gasteiger partial charge >= 0.3 is 0 Å². The zero-order valence-electron chi connectivity index (χ0n) is 6.92. The Bertz CT molecular complexity index is 95.8. The van der Waals surface area contributed by atoms with E-state index in [9.17, 15) is 0 Å². The Morgan fingerprint density at radius 3 is 2.60 bits per heavy atom. The van der Waals surface area contributed by atoms with Gasteiger partial charge in [-0.15, -0.1) is 0 Å². The summed E-state index contributed by atoms with van der Waals surface area (Å²) in [6, 6.07) is 0.509. The number of ether oxygens (including phenoxy) is 1. The Morgan fingerprint density at radius 2 is 2.20 bits per heavy atom. The number of rotatable bonds is 2. The van der Waals surface area contributed by atoms with E-state index in [0.29, 0.717) is 12.1 Å². The van der Waals surface area contributed by atoms with Gasteiger partial charge in [0.05, 0.1) is 6.10 Å². The number of nitrogens with zero attached hydrogens (tertiary/aromatic N) is 1. The Hall–Kier alpha value is -0.120. The Kier molecular flexibility index (Phi) is 2.65. The minimum absolute atomic E-state index is 0.370. The quantitative estimate of drug-likeness (QED) is 0.567.